The van der Waals surface area contributed by atoms with Crippen molar-refractivity contribution >= 4 is 33.1 Å². The van der Waals surface area contributed by atoms with Crippen molar-refractivity contribution in [3.63, 3.8) is 0 Å². The summed E-state index contributed by atoms with van der Waals surface area (Å²) in [6.07, 6.45) is 0. The van der Waals surface area contributed by atoms with E-state index in [1.165, 1.54) is 38.3 Å². The summed E-state index contributed by atoms with van der Waals surface area (Å²) in [5.74, 6) is -1.93. The monoisotopic (exact) mass is 383 g/mol. The molecule has 0 aliphatic rings. The first-order valence-corrected chi connectivity index (χ1v) is 9.45. The maximum Gasteiger partial charge on any atom is 0.331 e. The van der Waals surface area contributed by atoms with Gasteiger partial charge in [0.2, 0.25) is 9.84 Å². The summed E-state index contributed by atoms with van der Waals surface area (Å²) in [6.45, 7) is 1.08. The average molecular weight is 383 g/mol. The van der Waals surface area contributed by atoms with Gasteiger partial charge in [-0.3, -0.25) is 4.79 Å². The summed E-state index contributed by atoms with van der Waals surface area (Å²) >= 11 is 0.780. The van der Waals surface area contributed by atoms with E-state index in [2.05, 4.69) is 5.32 Å². The van der Waals surface area contributed by atoms with Gasteiger partial charge in [0.05, 0.1) is 16.4 Å². The Labute approximate surface area is 149 Å². The zero-order chi connectivity index (χ0) is 18.7. The second-order valence-electron chi connectivity index (χ2n) is 5.46. The molecule has 9 heteroatoms. The van der Waals surface area contributed by atoms with Crippen LogP contribution in [0.15, 0.2) is 51.6 Å². The topological polar surface area (TPSA) is 110 Å². The minimum atomic E-state index is -3.72. The van der Waals surface area contributed by atoms with E-state index in [-0.39, 0.29) is 20.6 Å². The minimum absolute atomic E-state index is 0.00706. The van der Waals surface area contributed by atoms with Gasteiger partial charge in [0.1, 0.15) is 4.21 Å². The quantitative estimate of drug-likeness (QED) is 0.754. The summed E-state index contributed by atoms with van der Waals surface area (Å²) in [6, 6.07) is 10.5. The highest BCUT2D eigenvalue weighted by molar-refractivity contribution is 7.93. The van der Waals surface area contributed by atoms with E-state index >= 15 is 0 Å². The number of rotatable bonds is 7. The van der Waals surface area contributed by atoms with Gasteiger partial charge < -0.3 is 15.2 Å². The molecule has 1 aromatic carbocycles. The number of sulfone groups is 1. The number of hydrogen-bond acceptors (Lipinski definition) is 6. The molecule has 134 valence electrons. The molecule has 1 aromatic heterocycles. The zero-order valence-electron chi connectivity index (χ0n) is 13.6. The Bertz CT molecular complexity index is 875. The number of carbonyl (C=O) groups excluding carboxylic acids is 1. The van der Waals surface area contributed by atoms with Crippen molar-refractivity contribution in [3.05, 3.63) is 47.3 Å². The maximum absolute atomic E-state index is 12.5. The molecule has 0 aliphatic carbocycles. The first kappa shape index (κ1) is 19.1. The van der Waals surface area contributed by atoms with E-state index in [0.29, 0.717) is 0 Å². The molecular weight excluding hydrogens is 366 g/mol. The standard InChI is InChI=1S/C16H17NO6S2/c1-16(10-23-2,15(19)20)17-14(18)12-8-9-13(24-12)25(21,22)11-6-4-3-5-7-11/h3-9H,10H2,1-2H3,(H,17,18)(H,19,20). The number of benzene rings is 1. The zero-order valence-corrected chi connectivity index (χ0v) is 15.2. The van der Waals surface area contributed by atoms with Crippen molar-refractivity contribution in [2.24, 2.45) is 0 Å². The molecular formula is C16H17NO6S2. The number of nitrogens with one attached hydrogen (secondary N) is 1. The van der Waals surface area contributed by atoms with E-state index in [1.807, 2.05) is 0 Å². The minimum Gasteiger partial charge on any atom is -0.479 e. The number of thiophene rings is 1. The van der Waals surface area contributed by atoms with Crippen LogP contribution in [0, 0.1) is 0 Å². The van der Waals surface area contributed by atoms with Crippen LogP contribution in [0.5, 0.6) is 0 Å². The van der Waals surface area contributed by atoms with Gasteiger partial charge in [0.15, 0.2) is 5.54 Å². The van der Waals surface area contributed by atoms with Crippen LogP contribution in [0.1, 0.15) is 16.6 Å². The van der Waals surface area contributed by atoms with Gasteiger partial charge in [-0.1, -0.05) is 18.2 Å². The summed E-state index contributed by atoms with van der Waals surface area (Å²) in [4.78, 5) is 23.9. The van der Waals surface area contributed by atoms with Crippen LogP contribution in [0.2, 0.25) is 0 Å². The van der Waals surface area contributed by atoms with Crippen molar-refractivity contribution in [2.45, 2.75) is 21.6 Å². The molecule has 0 saturated heterocycles. The van der Waals surface area contributed by atoms with Crippen molar-refractivity contribution in [3.8, 4) is 0 Å². The van der Waals surface area contributed by atoms with Gasteiger partial charge in [-0.05, 0) is 31.2 Å². The van der Waals surface area contributed by atoms with Crippen LogP contribution in [0.25, 0.3) is 0 Å². The van der Waals surface area contributed by atoms with Gasteiger partial charge in [-0.2, -0.15) is 0 Å². The molecule has 2 rings (SSSR count). The van der Waals surface area contributed by atoms with Crippen LogP contribution in [-0.2, 0) is 19.4 Å². The number of carbonyl (C=O) groups is 2. The fourth-order valence-corrected chi connectivity index (χ4v) is 4.68. The maximum atomic E-state index is 12.5. The van der Waals surface area contributed by atoms with Gasteiger partial charge >= 0.3 is 5.97 Å². The van der Waals surface area contributed by atoms with Crippen molar-refractivity contribution < 1.29 is 27.9 Å². The molecule has 0 bridgehead atoms. The fourth-order valence-electron chi connectivity index (χ4n) is 2.05. The lowest BCUT2D eigenvalue weighted by molar-refractivity contribution is -0.145. The van der Waals surface area contributed by atoms with E-state index in [0.717, 1.165) is 11.3 Å². The Hall–Kier alpha value is -2.23. The van der Waals surface area contributed by atoms with Crippen LogP contribution in [0.3, 0.4) is 0 Å². The largest absolute Gasteiger partial charge is 0.479 e. The highest BCUT2D eigenvalue weighted by Gasteiger charge is 2.36. The molecule has 0 spiro atoms. The van der Waals surface area contributed by atoms with Crippen molar-refractivity contribution in [1.82, 2.24) is 5.32 Å². The van der Waals surface area contributed by atoms with Crippen LogP contribution >= 0.6 is 11.3 Å². The molecule has 2 aromatic rings. The molecule has 0 aliphatic heterocycles. The molecule has 7 nitrogen and oxygen atoms in total. The molecule has 1 heterocycles. The molecule has 1 amide bonds. The highest BCUT2D eigenvalue weighted by atomic mass is 32.2. The normalized spacial score (nSPS) is 13.8. The predicted molar refractivity (Wildman–Crippen MR) is 91.6 cm³/mol. The number of carboxylic acid groups (broad SMARTS) is 1. The Morgan fingerprint density at radius 1 is 1.20 bits per heavy atom. The van der Waals surface area contributed by atoms with Crippen molar-refractivity contribution in [1.29, 1.82) is 0 Å². The second kappa shape index (κ2) is 7.34. The molecule has 0 fully saturated rings. The Balaban J connectivity index is 2.26. The molecule has 1 atom stereocenters. The third kappa shape index (κ3) is 4.06. The number of hydrogen-bond donors (Lipinski definition) is 2. The molecule has 0 saturated carbocycles. The van der Waals surface area contributed by atoms with Crippen LogP contribution < -0.4 is 5.32 Å². The summed E-state index contributed by atoms with van der Waals surface area (Å²) in [5.41, 5.74) is -1.62. The predicted octanol–water partition coefficient (Wildman–Crippen LogP) is 1.80. The lowest BCUT2D eigenvalue weighted by Gasteiger charge is -2.24. The summed E-state index contributed by atoms with van der Waals surface area (Å²) in [7, 11) is -2.40. The smallest absolute Gasteiger partial charge is 0.331 e. The van der Waals surface area contributed by atoms with Gasteiger partial charge in [-0.15, -0.1) is 11.3 Å². The average Bonchev–Trinajstić information content (AvgIpc) is 3.06. The molecule has 1 unspecified atom stereocenters. The molecule has 25 heavy (non-hydrogen) atoms. The van der Waals surface area contributed by atoms with Gasteiger partial charge in [0, 0.05) is 7.11 Å². The lowest BCUT2D eigenvalue weighted by atomic mass is 10.0. The molecule has 2 N–H and O–H groups in total. The second-order valence-corrected chi connectivity index (χ2v) is 8.72. The first-order chi connectivity index (χ1) is 11.7. The van der Waals surface area contributed by atoms with E-state index in [4.69, 9.17) is 4.74 Å². The molecule has 0 radical (unpaired) electrons. The van der Waals surface area contributed by atoms with Crippen LogP contribution in [0.4, 0.5) is 0 Å². The number of carboxylic acids is 1. The summed E-state index contributed by atoms with van der Waals surface area (Å²) < 4.78 is 29.9. The van der Waals surface area contributed by atoms with Crippen LogP contribution in [-0.4, -0.2) is 44.7 Å². The van der Waals surface area contributed by atoms with E-state index < -0.39 is 27.3 Å². The lowest BCUT2D eigenvalue weighted by Crippen LogP contribution is -2.55. The fraction of sp³-hybridized carbons (Fsp3) is 0.250. The third-order valence-corrected chi connectivity index (χ3v) is 6.76. The van der Waals surface area contributed by atoms with Gasteiger partial charge in [0.25, 0.3) is 5.91 Å². The number of ether oxygens (including phenoxy) is 1. The van der Waals surface area contributed by atoms with E-state index in [9.17, 15) is 23.1 Å². The summed E-state index contributed by atoms with van der Waals surface area (Å²) in [5, 5.41) is 11.6. The Kier molecular flexibility index (Phi) is 5.61. The highest BCUT2D eigenvalue weighted by Crippen LogP contribution is 2.28. The van der Waals surface area contributed by atoms with E-state index in [1.54, 1.807) is 18.2 Å². The van der Waals surface area contributed by atoms with Crippen molar-refractivity contribution in [2.75, 3.05) is 13.7 Å². The third-order valence-electron chi connectivity index (χ3n) is 3.42. The van der Waals surface area contributed by atoms with Gasteiger partial charge in [-0.25, -0.2) is 13.2 Å². The number of aliphatic carboxylic acids is 1. The number of amides is 1. The number of methoxy groups -OCH3 is 1. The SMILES string of the molecule is COCC(C)(NC(=O)c1ccc(S(=O)(=O)c2ccccc2)s1)C(=O)O. The Morgan fingerprint density at radius 2 is 1.84 bits per heavy atom. The Morgan fingerprint density at radius 3 is 2.40 bits per heavy atom. The first-order valence-electron chi connectivity index (χ1n) is 7.15.